The zero-order valence-electron chi connectivity index (χ0n) is 16.1. The van der Waals surface area contributed by atoms with Crippen LogP contribution in [-0.2, 0) is 11.3 Å². The number of amides is 1. The van der Waals surface area contributed by atoms with E-state index in [0.717, 1.165) is 16.1 Å². The van der Waals surface area contributed by atoms with Gasteiger partial charge in [0.1, 0.15) is 18.0 Å². The molecule has 0 saturated carbocycles. The van der Waals surface area contributed by atoms with Crippen molar-refractivity contribution in [3.8, 4) is 17.3 Å². The summed E-state index contributed by atoms with van der Waals surface area (Å²) in [6, 6.07) is 9.84. The highest BCUT2D eigenvalue weighted by Gasteiger charge is 2.11. The molecule has 0 radical (unpaired) electrons. The first-order valence-electron chi connectivity index (χ1n) is 8.54. The standard InChI is InChI=1S/C19H21N5O4/c1-12-7-13(2)24(21-12)17-5-6-19(26)23(22-17)11-18(25)20-14-8-15(27-3)10-16(9-14)28-4/h5-10H,11H2,1-4H3,(H,20,25). The molecule has 0 fully saturated rings. The topological polar surface area (TPSA) is 100 Å². The first-order chi connectivity index (χ1) is 13.4. The Bertz CT molecular complexity index is 1050. The van der Waals surface area contributed by atoms with Crippen LogP contribution in [0, 0.1) is 13.8 Å². The van der Waals surface area contributed by atoms with Crippen LogP contribution in [0.5, 0.6) is 11.5 Å². The maximum atomic E-state index is 12.4. The Balaban J connectivity index is 1.82. The minimum absolute atomic E-state index is 0.245. The van der Waals surface area contributed by atoms with Crippen molar-refractivity contribution in [2.24, 2.45) is 0 Å². The molecule has 0 bridgehead atoms. The number of benzene rings is 1. The number of aromatic nitrogens is 4. The van der Waals surface area contributed by atoms with Crippen molar-refractivity contribution < 1.29 is 14.3 Å². The summed E-state index contributed by atoms with van der Waals surface area (Å²) in [5.41, 5.74) is 1.82. The molecule has 0 unspecified atom stereocenters. The number of methoxy groups -OCH3 is 2. The highest BCUT2D eigenvalue weighted by Crippen LogP contribution is 2.25. The van der Waals surface area contributed by atoms with Crippen LogP contribution in [0.1, 0.15) is 11.4 Å². The number of hydrogen-bond acceptors (Lipinski definition) is 6. The molecular formula is C19H21N5O4. The lowest BCUT2D eigenvalue weighted by Crippen LogP contribution is -2.30. The molecule has 9 nitrogen and oxygen atoms in total. The second-order valence-electron chi connectivity index (χ2n) is 6.18. The maximum absolute atomic E-state index is 12.4. The first kappa shape index (κ1) is 19.2. The van der Waals surface area contributed by atoms with Crippen molar-refractivity contribution in [2.45, 2.75) is 20.4 Å². The van der Waals surface area contributed by atoms with Crippen molar-refractivity contribution in [2.75, 3.05) is 19.5 Å². The Hall–Kier alpha value is -3.62. The normalized spacial score (nSPS) is 10.6. The fourth-order valence-corrected chi connectivity index (χ4v) is 2.74. The van der Waals surface area contributed by atoms with Gasteiger partial charge in [-0.15, -0.1) is 5.10 Å². The molecule has 3 rings (SSSR count). The van der Waals surface area contributed by atoms with E-state index in [-0.39, 0.29) is 12.1 Å². The minimum atomic E-state index is -0.407. The van der Waals surface area contributed by atoms with Crippen LogP contribution >= 0.6 is 0 Å². The minimum Gasteiger partial charge on any atom is -0.497 e. The summed E-state index contributed by atoms with van der Waals surface area (Å²) in [6.45, 7) is 3.51. The molecule has 0 spiro atoms. The lowest BCUT2D eigenvalue weighted by Gasteiger charge is -2.11. The van der Waals surface area contributed by atoms with E-state index in [2.05, 4.69) is 15.5 Å². The summed E-state index contributed by atoms with van der Waals surface area (Å²) in [6.07, 6.45) is 0. The Morgan fingerprint density at radius 2 is 1.71 bits per heavy atom. The van der Waals surface area contributed by atoms with E-state index in [9.17, 15) is 9.59 Å². The highest BCUT2D eigenvalue weighted by atomic mass is 16.5. The number of carbonyl (C=O) groups excluding carboxylic acids is 1. The molecule has 0 aliphatic rings. The fourth-order valence-electron chi connectivity index (χ4n) is 2.74. The number of nitrogens with zero attached hydrogens (tertiary/aromatic N) is 4. The van der Waals surface area contributed by atoms with Crippen LogP contribution in [0.15, 0.2) is 41.2 Å². The van der Waals surface area contributed by atoms with Gasteiger partial charge in [-0.3, -0.25) is 9.59 Å². The van der Waals surface area contributed by atoms with Crippen LogP contribution in [0.4, 0.5) is 5.69 Å². The SMILES string of the molecule is COc1cc(NC(=O)Cn2nc(-n3nc(C)cc3C)ccc2=O)cc(OC)c1. The van der Waals surface area contributed by atoms with Gasteiger partial charge in [-0.05, 0) is 26.0 Å². The summed E-state index contributed by atoms with van der Waals surface area (Å²) < 4.78 is 13.1. The number of anilines is 1. The van der Waals surface area contributed by atoms with Gasteiger partial charge in [0.15, 0.2) is 5.82 Å². The number of carbonyl (C=O) groups is 1. The van der Waals surface area contributed by atoms with E-state index in [1.165, 1.54) is 20.3 Å². The van der Waals surface area contributed by atoms with Crippen molar-refractivity contribution in [3.05, 3.63) is 58.1 Å². The Morgan fingerprint density at radius 3 is 2.29 bits per heavy atom. The molecule has 2 heterocycles. The molecule has 0 aliphatic carbocycles. The zero-order valence-corrected chi connectivity index (χ0v) is 16.1. The quantitative estimate of drug-likeness (QED) is 0.695. The van der Waals surface area contributed by atoms with Crippen LogP contribution in [0.2, 0.25) is 0 Å². The summed E-state index contributed by atoms with van der Waals surface area (Å²) in [4.78, 5) is 24.6. The van der Waals surface area contributed by atoms with Gasteiger partial charge in [-0.2, -0.15) is 5.10 Å². The molecule has 146 valence electrons. The van der Waals surface area contributed by atoms with Crippen molar-refractivity contribution in [3.63, 3.8) is 0 Å². The van der Waals surface area contributed by atoms with E-state index in [0.29, 0.717) is 23.0 Å². The average Bonchev–Trinajstić information content (AvgIpc) is 3.01. The van der Waals surface area contributed by atoms with E-state index >= 15 is 0 Å². The van der Waals surface area contributed by atoms with Gasteiger partial charge >= 0.3 is 0 Å². The Labute approximate surface area is 161 Å². The molecule has 1 N–H and O–H groups in total. The number of ether oxygens (including phenoxy) is 2. The lowest BCUT2D eigenvalue weighted by atomic mass is 10.2. The monoisotopic (exact) mass is 383 g/mol. The molecule has 1 amide bonds. The van der Waals surface area contributed by atoms with E-state index < -0.39 is 5.91 Å². The maximum Gasteiger partial charge on any atom is 0.267 e. The van der Waals surface area contributed by atoms with Gasteiger partial charge in [0.2, 0.25) is 5.91 Å². The number of hydrogen-bond donors (Lipinski definition) is 1. The van der Waals surface area contributed by atoms with Gasteiger partial charge in [-0.1, -0.05) is 0 Å². The largest absolute Gasteiger partial charge is 0.497 e. The van der Waals surface area contributed by atoms with Crippen LogP contribution in [0.3, 0.4) is 0 Å². The van der Waals surface area contributed by atoms with Crippen molar-refractivity contribution in [1.29, 1.82) is 0 Å². The van der Waals surface area contributed by atoms with Gasteiger partial charge in [0.05, 0.1) is 19.9 Å². The molecule has 28 heavy (non-hydrogen) atoms. The predicted octanol–water partition coefficient (Wildman–Crippen LogP) is 1.70. The van der Waals surface area contributed by atoms with Gasteiger partial charge in [0, 0.05) is 35.6 Å². The third-order valence-corrected chi connectivity index (χ3v) is 4.01. The summed E-state index contributed by atoms with van der Waals surface area (Å²) in [5, 5.41) is 11.3. The molecule has 3 aromatic rings. The number of aryl methyl sites for hydroxylation is 2. The molecule has 0 saturated heterocycles. The second kappa shape index (κ2) is 7.95. The predicted molar refractivity (Wildman–Crippen MR) is 103 cm³/mol. The molecular weight excluding hydrogens is 362 g/mol. The van der Waals surface area contributed by atoms with Crippen LogP contribution in [-0.4, -0.2) is 39.7 Å². The molecule has 9 heteroatoms. The molecule has 0 atom stereocenters. The summed E-state index contributed by atoms with van der Waals surface area (Å²) in [5.74, 6) is 1.13. The third-order valence-electron chi connectivity index (χ3n) is 4.01. The van der Waals surface area contributed by atoms with E-state index in [4.69, 9.17) is 9.47 Å². The number of rotatable bonds is 6. The molecule has 0 aliphatic heterocycles. The van der Waals surface area contributed by atoms with Gasteiger partial charge in [0.25, 0.3) is 5.56 Å². The summed E-state index contributed by atoms with van der Waals surface area (Å²) in [7, 11) is 3.04. The average molecular weight is 383 g/mol. The lowest BCUT2D eigenvalue weighted by molar-refractivity contribution is -0.117. The Morgan fingerprint density at radius 1 is 1.04 bits per heavy atom. The van der Waals surface area contributed by atoms with Gasteiger partial charge in [-0.25, -0.2) is 9.36 Å². The number of nitrogens with one attached hydrogen (secondary N) is 1. The third kappa shape index (κ3) is 4.20. The van der Waals surface area contributed by atoms with Crippen LogP contribution in [0.25, 0.3) is 5.82 Å². The van der Waals surface area contributed by atoms with E-state index in [1.54, 1.807) is 28.9 Å². The fraction of sp³-hybridized carbons (Fsp3) is 0.263. The first-order valence-corrected chi connectivity index (χ1v) is 8.54. The second-order valence-corrected chi connectivity index (χ2v) is 6.18. The van der Waals surface area contributed by atoms with E-state index in [1.807, 2.05) is 19.9 Å². The zero-order chi connectivity index (χ0) is 20.3. The van der Waals surface area contributed by atoms with Crippen molar-refractivity contribution >= 4 is 11.6 Å². The smallest absolute Gasteiger partial charge is 0.267 e. The van der Waals surface area contributed by atoms with Crippen molar-refractivity contribution in [1.82, 2.24) is 19.6 Å². The summed E-state index contributed by atoms with van der Waals surface area (Å²) >= 11 is 0. The van der Waals surface area contributed by atoms with Crippen LogP contribution < -0.4 is 20.3 Å². The van der Waals surface area contributed by atoms with Gasteiger partial charge < -0.3 is 14.8 Å². The molecule has 2 aromatic heterocycles. The Kier molecular flexibility index (Phi) is 5.44. The highest BCUT2D eigenvalue weighted by molar-refractivity contribution is 5.91. The molecule has 1 aromatic carbocycles.